The fourth-order valence-electron chi connectivity index (χ4n) is 1.99. The fraction of sp³-hybridized carbons (Fsp3) is 0.143. The van der Waals surface area contributed by atoms with Crippen LogP contribution in [0.4, 0.5) is 15.8 Å². The number of nitrogen functional groups attached to an aromatic ring is 1. The van der Waals surface area contributed by atoms with Gasteiger partial charge in [0.15, 0.2) is 0 Å². The lowest BCUT2D eigenvalue weighted by molar-refractivity contribution is 0.475. The fourth-order valence-corrected chi connectivity index (χ4v) is 3.59. The number of phenolic OH excluding ortho intramolecular Hbond substituents is 1. The van der Waals surface area contributed by atoms with Gasteiger partial charge in [0.05, 0.1) is 11.4 Å². The maximum Gasteiger partial charge on any atom is 0.266 e. The SMILES string of the molecule is CCN(c1cccc(O)c1)S(=O)(=O)c1cc(F)ccc1N. The summed E-state index contributed by atoms with van der Waals surface area (Å²) < 4.78 is 39.7. The van der Waals surface area contributed by atoms with E-state index >= 15 is 0 Å². The number of hydrogen-bond donors (Lipinski definition) is 2. The number of nitrogens with zero attached hydrogens (tertiary/aromatic N) is 1. The van der Waals surface area contributed by atoms with Crippen LogP contribution in [0.5, 0.6) is 5.75 Å². The van der Waals surface area contributed by atoms with Crippen molar-refractivity contribution < 1.29 is 17.9 Å². The van der Waals surface area contributed by atoms with Crippen molar-refractivity contribution >= 4 is 21.4 Å². The molecule has 0 atom stereocenters. The molecule has 0 bridgehead atoms. The van der Waals surface area contributed by atoms with Gasteiger partial charge in [-0.25, -0.2) is 12.8 Å². The number of nitrogens with two attached hydrogens (primary N) is 1. The van der Waals surface area contributed by atoms with Gasteiger partial charge < -0.3 is 10.8 Å². The number of anilines is 2. The highest BCUT2D eigenvalue weighted by Gasteiger charge is 2.26. The lowest BCUT2D eigenvalue weighted by Crippen LogP contribution is -2.31. The zero-order valence-electron chi connectivity index (χ0n) is 11.3. The van der Waals surface area contributed by atoms with Crippen LogP contribution >= 0.6 is 0 Å². The zero-order chi connectivity index (χ0) is 15.6. The molecular weight excluding hydrogens is 295 g/mol. The molecule has 0 aliphatic heterocycles. The summed E-state index contributed by atoms with van der Waals surface area (Å²) in [5.41, 5.74) is 5.90. The standard InChI is InChI=1S/C14H15FN2O3S/c1-2-17(11-4-3-5-12(18)9-11)21(19,20)14-8-10(15)6-7-13(14)16/h3-9,18H,2,16H2,1H3. The van der Waals surface area contributed by atoms with E-state index in [2.05, 4.69) is 0 Å². The second-order valence-electron chi connectivity index (χ2n) is 4.37. The Hall–Kier alpha value is -2.28. The van der Waals surface area contributed by atoms with Crippen LogP contribution in [-0.4, -0.2) is 20.1 Å². The molecule has 0 saturated heterocycles. The number of rotatable bonds is 4. The Morgan fingerprint density at radius 3 is 2.57 bits per heavy atom. The Kier molecular flexibility index (Phi) is 4.04. The minimum Gasteiger partial charge on any atom is -0.508 e. The number of halogens is 1. The molecule has 0 saturated carbocycles. The summed E-state index contributed by atoms with van der Waals surface area (Å²) in [4.78, 5) is -0.298. The van der Waals surface area contributed by atoms with Gasteiger partial charge in [-0.05, 0) is 37.3 Å². The molecule has 0 unspecified atom stereocenters. The van der Waals surface area contributed by atoms with Gasteiger partial charge >= 0.3 is 0 Å². The van der Waals surface area contributed by atoms with Crippen molar-refractivity contribution in [3.05, 3.63) is 48.3 Å². The molecule has 0 spiro atoms. The van der Waals surface area contributed by atoms with Gasteiger partial charge in [-0.1, -0.05) is 6.07 Å². The van der Waals surface area contributed by atoms with Crippen LogP contribution in [0.1, 0.15) is 6.92 Å². The van der Waals surface area contributed by atoms with Gasteiger partial charge in [-0.2, -0.15) is 0 Å². The minimum atomic E-state index is -4.02. The summed E-state index contributed by atoms with van der Waals surface area (Å²) in [6.07, 6.45) is 0. The van der Waals surface area contributed by atoms with Crippen molar-refractivity contribution in [3.8, 4) is 5.75 Å². The molecule has 3 N–H and O–H groups in total. The van der Waals surface area contributed by atoms with Gasteiger partial charge in [0, 0.05) is 12.6 Å². The summed E-state index contributed by atoms with van der Waals surface area (Å²) in [7, 11) is -4.02. The molecule has 112 valence electrons. The molecule has 7 heteroatoms. The topological polar surface area (TPSA) is 83.6 Å². The van der Waals surface area contributed by atoms with Gasteiger partial charge in [-0.3, -0.25) is 4.31 Å². The Labute approximate surface area is 122 Å². The molecule has 0 fully saturated rings. The summed E-state index contributed by atoms with van der Waals surface area (Å²) >= 11 is 0. The van der Waals surface area contributed by atoms with Crippen LogP contribution in [0.25, 0.3) is 0 Å². The summed E-state index contributed by atoms with van der Waals surface area (Å²) in [6.45, 7) is 1.75. The normalized spacial score (nSPS) is 11.3. The lowest BCUT2D eigenvalue weighted by Gasteiger charge is -2.23. The van der Waals surface area contributed by atoms with Crippen LogP contribution in [0.15, 0.2) is 47.4 Å². The first kappa shape index (κ1) is 15.1. The molecule has 0 aromatic heterocycles. The number of sulfonamides is 1. The first-order valence-corrected chi connectivity index (χ1v) is 7.67. The van der Waals surface area contributed by atoms with E-state index < -0.39 is 15.8 Å². The highest BCUT2D eigenvalue weighted by molar-refractivity contribution is 7.93. The molecule has 0 aliphatic rings. The average molecular weight is 310 g/mol. The van der Waals surface area contributed by atoms with Crippen molar-refractivity contribution in [1.29, 1.82) is 0 Å². The van der Waals surface area contributed by atoms with E-state index in [1.165, 1.54) is 30.3 Å². The van der Waals surface area contributed by atoms with Crippen molar-refractivity contribution in [2.75, 3.05) is 16.6 Å². The van der Waals surface area contributed by atoms with E-state index in [0.717, 1.165) is 16.4 Å². The van der Waals surface area contributed by atoms with Crippen molar-refractivity contribution in [2.45, 2.75) is 11.8 Å². The zero-order valence-corrected chi connectivity index (χ0v) is 12.1. The Bertz CT molecular complexity index is 763. The molecule has 0 aliphatic carbocycles. The number of benzene rings is 2. The second-order valence-corrected chi connectivity index (χ2v) is 6.20. The third-order valence-corrected chi connectivity index (χ3v) is 4.91. The monoisotopic (exact) mass is 310 g/mol. The van der Waals surface area contributed by atoms with E-state index in [9.17, 15) is 17.9 Å². The summed E-state index contributed by atoms with van der Waals surface area (Å²) in [5.74, 6) is -0.747. The van der Waals surface area contributed by atoms with E-state index in [1.807, 2.05) is 0 Å². The van der Waals surface area contributed by atoms with Crippen LogP contribution in [-0.2, 0) is 10.0 Å². The largest absolute Gasteiger partial charge is 0.508 e. The second kappa shape index (κ2) is 5.61. The Balaban J connectivity index is 2.57. The molecule has 2 aromatic rings. The molecule has 5 nitrogen and oxygen atoms in total. The quantitative estimate of drug-likeness (QED) is 0.849. The molecule has 21 heavy (non-hydrogen) atoms. The van der Waals surface area contributed by atoms with Crippen LogP contribution in [0.3, 0.4) is 0 Å². The van der Waals surface area contributed by atoms with Gasteiger partial charge in [0.2, 0.25) is 0 Å². The van der Waals surface area contributed by atoms with Gasteiger partial charge in [-0.15, -0.1) is 0 Å². The van der Waals surface area contributed by atoms with Crippen molar-refractivity contribution in [1.82, 2.24) is 0 Å². The Morgan fingerprint density at radius 2 is 1.95 bits per heavy atom. The molecule has 2 aromatic carbocycles. The third-order valence-electron chi connectivity index (χ3n) is 2.95. The van der Waals surface area contributed by atoms with E-state index in [0.29, 0.717) is 0 Å². The molecular formula is C14H15FN2O3S. The molecule has 2 rings (SSSR count). The Morgan fingerprint density at radius 1 is 1.24 bits per heavy atom. The van der Waals surface area contributed by atoms with Gasteiger partial charge in [0.1, 0.15) is 16.5 Å². The predicted octanol–water partition coefficient (Wildman–Crippen LogP) is 2.33. The first-order valence-electron chi connectivity index (χ1n) is 6.23. The third kappa shape index (κ3) is 2.92. The van der Waals surface area contributed by atoms with Crippen LogP contribution in [0, 0.1) is 5.82 Å². The molecule has 0 amide bonds. The molecule has 0 heterocycles. The number of phenols is 1. The first-order chi connectivity index (χ1) is 9.86. The maximum absolute atomic E-state index is 13.3. The summed E-state index contributed by atoms with van der Waals surface area (Å²) in [6, 6.07) is 9.00. The van der Waals surface area contributed by atoms with Gasteiger partial charge in [0.25, 0.3) is 10.0 Å². The highest BCUT2D eigenvalue weighted by Crippen LogP contribution is 2.29. The predicted molar refractivity (Wildman–Crippen MR) is 79.1 cm³/mol. The van der Waals surface area contributed by atoms with E-state index in [1.54, 1.807) is 6.92 Å². The van der Waals surface area contributed by atoms with Crippen molar-refractivity contribution in [3.63, 3.8) is 0 Å². The number of aromatic hydroxyl groups is 1. The minimum absolute atomic E-state index is 0.0324. The van der Waals surface area contributed by atoms with E-state index in [-0.39, 0.29) is 28.6 Å². The maximum atomic E-state index is 13.3. The highest BCUT2D eigenvalue weighted by atomic mass is 32.2. The summed E-state index contributed by atoms with van der Waals surface area (Å²) in [5, 5.41) is 9.49. The molecule has 0 radical (unpaired) electrons. The lowest BCUT2D eigenvalue weighted by atomic mass is 10.3. The van der Waals surface area contributed by atoms with Crippen molar-refractivity contribution in [2.24, 2.45) is 0 Å². The van der Waals surface area contributed by atoms with E-state index in [4.69, 9.17) is 5.73 Å². The van der Waals surface area contributed by atoms with Crippen LogP contribution < -0.4 is 10.0 Å². The average Bonchev–Trinajstić information content (AvgIpc) is 2.42. The van der Waals surface area contributed by atoms with Crippen LogP contribution in [0.2, 0.25) is 0 Å². The smallest absolute Gasteiger partial charge is 0.266 e. The number of hydrogen-bond acceptors (Lipinski definition) is 4.